The van der Waals surface area contributed by atoms with Gasteiger partial charge in [-0.25, -0.2) is 4.98 Å². The smallest absolute Gasteiger partial charge is 0.147 e. The first-order valence-electron chi connectivity index (χ1n) is 10.3. The van der Waals surface area contributed by atoms with Gasteiger partial charge in [0, 0.05) is 11.6 Å². The Balaban J connectivity index is 1.42. The molecule has 3 aromatic carbocycles. The first-order valence-corrected chi connectivity index (χ1v) is 10.6. The number of aromatic nitrogens is 2. The molecule has 0 atom stereocenters. The van der Waals surface area contributed by atoms with Crippen molar-refractivity contribution in [3.05, 3.63) is 89.2 Å². The molecule has 1 heterocycles. The van der Waals surface area contributed by atoms with E-state index < -0.39 is 0 Å². The van der Waals surface area contributed by atoms with Crippen LogP contribution in [0.2, 0.25) is 5.02 Å². The summed E-state index contributed by atoms with van der Waals surface area (Å²) < 4.78 is 14.1. The van der Waals surface area contributed by atoms with Crippen LogP contribution < -0.4 is 9.47 Å². The largest absolute Gasteiger partial charge is 0.494 e. The van der Waals surface area contributed by atoms with Crippen LogP contribution in [0.5, 0.6) is 11.5 Å². The van der Waals surface area contributed by atoms with E-state index in [1.165, 1.54) is 5.56 Å². The molecule has 0 amide bonds. The highest BCUT2D eigenvalue weighted by Gasteiger charge is 2.11. The van der Waals surface area contributed by atoms with Crippen molar-refractivity contribution in [1.29, 1.82) is 0 Å². The molecule has 0 aliphatic heterocycles. The number of para-hydroxylation sites is 2. The molecule has 0 bridgehead atoms. The fourth-order valence-electron chi connectivity index (χ4n) is 3.40. The van der Waals surface area contributed by atoms with Gasteiger partial charge in [-0.3, -0.25) is 0 Å². The zero-order chi connectivity index (χ0) is 20.8. The van der Waals surface area contributed by atoms with Gasteiger partial charge in [-0.2, -0.15) is 0 Å². The number of rotatable bonds is 9. The minimum absolute atomic E-state index is 0.429. The van der Waals surface area contributed by atoms with Gasteiger partial charge < -0.3 is 14.0 Å². The first-order chi connectivity index (χ1) is 14.7. The molecule has 0 radical (unpaired) electrons. The zero-order valence-electron chi connectivity index (χ0n) is 17.1. The van der Waals surface area contributed by atoms with Crippen LogP contribution in [0.3, 0.4) is 0 Å². The summed E-state index contributed by atoms with van der Waals surface area (Å²) in [4.78, 5) is 4.79. The molecule has 5 heteroatoms. The zero-order valence-corrected chi connectivity index (χ0v) is 17.8. The maximum Gasteiger partial charge on any atom is 0.147 e. The third kappa shape index (κ3) is 4.95. The van der Waals surface area contributed by atoms with E-state index in [0.717, 1.165) is 47.7 Å². The summed E-state index contributed by atoms with van der Waals surface area (Å²) in [6.07, 6.45) is 1.88. The summed E-state index contributed by atoms with van der Waals surface area (Å²) in [6.45, 7) is 4.00. The third-order valence-corrected chi connectivity index (χ3v) is 5.29. The standard InChI is InChI=1S/C25H25ClN2O2/c1-2-19-8-12-22(13-9-19)30-18-25-27-23-6-3-4-7-24(23)28(25)16-5-17-29-21-14-10-20(26)11-15-21/h3-4,6-15H,2,5,16-18H2,1H3. The summed E-state index contributed by atoms with van der Waals surface area (Å²) in [5, 5.41) is 0.709. The summed E-state index contributed by atoms with van der Waals surface area (Å²) >= 11 is 5.92. The molecule has 0 N–H and O–H groups in total. The lowest BCUT2D eigenvalue weighted by Crippen LogP contribution is -2.10. The Morgan fingerprint density at radius 2 is 1.57 bits per heavy atom. The molecule has 0 aliphatic carbocycles. The van der Waals surface area contributed by atoms with E-state index in [1.54, 1.807) is 0 Å². The Bertz CT molecular complexity index is 1090. The molecule has 1 aromatic heterocycles. The average molecular weight is 421 g/mol. The van der Waals surface area contributed by atoms with Crippen molar-refractivity contribution in [2.45, 2.75) is 32.9 Å². The van der Waals surface area contributed by atoms with Gasteiger partial charge in [0.1, 0.15) is 23.9 Å². The SMILES string of the molecule is CCc1ccc(OCc2nc3ccccc3n2CCCOc2ccc(Cl)cc2)cc1. The molecule has 4 aromatic rings. The van der Waals surface area contributed by atoms with E-state index in [4.69, 9.17) is 26.1 Å². The van der Waals surface area contributed by atoms with Gasteiger partial charge in [-0.05, 0) is 66.9 Å². The van der Waals surface area contributed by atoms with Crippen LogP contribution >= 0.6 is 11.6 Å². The van der Waals surface area contributed by atoms with E-state index in [1.807, 2.05) is 54.6 Å². The highest BCUT2D eigenvalue weighted by molar-refractivity contribution is 6.30. The van der Waals surface area contributed by atoms with Crippen LogP contribution in [0.1, 0.15) is 24.7 Å². The molecule has 0 saturated heterocycles. The minimum atomic E-state index is 0.429. The van der Waals surface area contributed by atoms with Crippen LogP contribution in [0.25, 0.3) is 11.0 Å². The van der Waals surface area contributed by atoms with Gasteiger partial charge in [0.15, 0.2) is 0 Å². The molecule has 4 nitrogen and oxygen atoms in total. The maximum absolute atomic E-state index is 6.02. The maximum atomic E-state index is 6.02. The Morgan fingerprint density at radius 1 is 0.867 bits per heavy atom. The van der Waals surface area contributed by atoms with Gasteiger partial charge in [0.25, 0.3) is 0 Å². The summed E-state index contributed by atoms with van der Waals surface area (Å²) in [5.74, 6) is 2.60. The highest BCUT2D eigenvalue weighted by atomic mass is 35.5. The second-order valence-corrected chi connectivity index (χ2v) is 7.55. The number of hydrogen-bond acceptors (Lipinski definition) is 3. The lowest BCUT2D eigenvalue weighted by Gasteiger charge is -2.12. The van der Waals surface area contributed by atoms with Crippen molar-refractivity contribution in [3.63, 3.8) is 0 Å². The van der Waals surface area contributed by atoms with Gasteiger partial charge in [0.05, 0.1) is 17.6 Å². The monoisotopic (exact) mass is 420 g/mol. The van der Waals surface area contributed by atoms with Gasteiger partial charge >= 0.3 is 0 Å². The quantitative estimate of drug-likeness (QED) is 0.298. The van der Waals surface area contributed by atoms with Gasteiger partial charge in [-0.1, -0.05) is 42.8 Å². The van der Waals surface area contributed by atoms with Crippen molar-refractivity contribution >= 4 is 22.6 Å². The lowest BCUT2D eigenvalue weighted by molar-refractivity contribution is 0.280. The molecule has 4 rings (SSSR count). The number of hydrogen-bond donors (Lipinski definition) is 0. The second kappa shape index (κ2) is 9.68. The van der Waals surface area contributed by atoms with Crippen LogP contribution in [-0.4, -0.2) is 16.2 Å². The predicted octanol–water partition coefficient (Wildman–Crippen LogP) is 6.30. The Labute approximate surface area is 182 Å². The number of benzene rings is 3. The topological polar surface area (TPSA) is 36.3 Å². The minimum Gasteiger partial charge on any atom is -0.494 e. The molecule has 0 spiro atoms. The van der Waals surface area contributed by atoms with Crippen LogP contribution in [0.15, 0.2) is 72.8 Å². The van der Waals surface area contributed by atoms with Crippen molar-refractivity contribution in [1.82, 2.24) is 9.55 Å². The lowest BCUT2D eigenvalue weighted by atomic mass is 10.2. The molecule has 0 unspecified atom stereocenters. The Morgan fingerprint density at radius 3 is 2.33 bits per heavy atom. The summed E-state index contributed by atoms with van der Waals surface area (Å²) in [6, 6.07) is 23.9. The van der Waals surface area contributed by atoms with E-state index in [2.05, 4.69) is 29.7 Å². The predicted molar refractivity (Wildman–Crippen MR) is 121 cm³/mol. The fourth-order valence-corrected chi connectivity index (χ4v) is 3.52. The normalized spacial score (nSPS) is 11.0. The number of fused-ring (bicyclic) bond motifs is 1. The van der Waals surface area contributed by atoms with E-state index >= 15 is 0 Å². The highest BCUT2D eigenvalue weighted by Crippen LogP contribution is 2.20. The Hall–Kier alpha value is -2.98. The molecule has 0 saturated carbocycles. The number of halogens is 1. The molecule has 0 aliphatic rings. The number of imidazole rings is 1. The molecular formula is C25H25ClN2O2. The van der Waals surface area contributed by atoms with E-state index in [-0.39, 0.29) is 0 Å². The van der Waals surface area contributed by atoms with Crippen LogP contribution in [0, 0.1) is 0 Å². The van der Waals surface area contributed by atoms with E-state index in [9.17, 15) is 0 Å². The number of nitrogens with zero attached hydrogens (tertiary/aromatic N) is 2. The molecule has 0 fully saturated rings. The summed E-state index contributed by atoms with van der Waals surface area (Å²) in [7, 11) is 0. The number of ether oxygens (including phenoxy) is 2. The first kappa shape index (κ1) is 20.3. The fraction of sp³-hybridized carbons (Fsp3) is 0.240. The van der Waals surface area contributed by atoms with Crippen molar-refractivity contribution in [2.75, 3.05) is 6.61 Å². The second-order valence-electron chi connectivity index (χ2n) is 7.11. The van der Waals surface area contributed by atoms with Crippen molar-refractivity contribution in [2.24, 2.45) is 0 Å². The summed E-state index contributed by atoms with van der Waals surface area (Å²) in [5.41, 5.74) is 3.40. The molecule has 30 heavy (non-hydrogen) atoms. The van der Waals surface area contributed by atoms with E-state index in [0.29, 0.717) is 18.2 Å². The number of aryl methyl sites for hydroxylation is 2. The third-order valence-electron chi connectivity index (χ3n) is 5.04. The van der Waals surface area contributed by atoms with Gasteiger partial charge in [0.2, 0.25) is 0 Å². The average Bonchev–Trinajstić information content (AvgIpc) is 3.14. The Kier molecular flexibility index (Phi) is 6.55. The van der Waals surface area contributed by atoms with Crippen LogP contribution in [-0.2, 0) is 19.6 Å². The van der Waals surface area contributed by atoms with Crippen molar-refractivity contribution in [3.8, 4) is 11.5 Å². The molecular weight excluding hydrogens is 396 g/mol. The van der Waals surface area contributed by atoms with Crippen LogP contribution in [0.4, 0.5) is 0 Å². The van der Waals surface area contributed by atoms with Crippen molar-refractivity contribution < 1.29 is 9.47 Å². The van der Waals surface area contributed by atoms with Gasteiger partial charge in [-0.15, -0.1) is 0 Å². The molecule has 154 valence electrons.